The van der Waals surface area contributed by atoms with Crippen molar-refractivity contribution in [2.75, 3.05) is 0 Å². The van der Waals surface area contributed by atoms with Crippen LogP contribution in [0.15, 0.2) is 21.9 Å². The van der Waals surface area contributed by atoms with Crippen LogP contribution in [0.2, 0.25) is 0 Å². The van der Waals surface area contributed by atoms with E-state index in [9.17, 15) is 31.7 Å². The van der Waals surface area contributed by atoms with Gasteiger partial charge in [-0.3, -0.25) is 10.1 Å². The number of thioether (sulfide) groups is 1. The molecule has 0 radical (unpaired) electrons. The number of rotatable bonds is 3. The first kappa shape index (κ1) is 16.5. The normalized spacial score (nSPS) is 11.9. The number of nitriles is 1. The van der Waals surface area contributed by atoms with E-state index in [1.165, 1.54) is 6.07 Å². The molecular formula is C8H2ClF3N2O4S2. The van der Waals surface area contributed by atoms with Gasteiger partial charge in [0, 0.05) is 22.8 Å². The monoisotopic (exact) mass is 346 g/mol. The SMILES string of the molecule is N#Cc1cc([N+](=O)[O-])cc(S(=O)(=O)Cl)c1SC(F)(F)F. The minimum atomic E-state index is -4.89. The summed E-state index contributed by atoms with van der Waals surface area (Å²) in [5.74, 6) is 0. The van der Waals surface area contributed by atoms with Crippen molar-refractivity contribution in [2.45, 2.75) is 15.3 Å². The van der Waals surface area contributed by atoms with Crippen molar-refractivity contribution < 1.29 is 26.5 Å². The molecule has 0 bridgehead atoms. The highest BCUT2D eigenvalue weighted by atomic mass is 35.7. The van der Waals surface area contributed by atoms with Gasteiger partial charge in [-0.2, -0.15) is 18.4 Å². The molecule has 0 spiro atoms. The first-order chi connectivity index (χ1) is 8.95. The molecule has 0 unspecified atom stereocenters. The van der Waals surface area contributed by atoms with Crippen LogP contribution in [0.5, 0.6) is 0 Å². The number of nitro groups is 1. The molecule has 1 rings (SSSR count). The van der Waals surface area contributed by atoms with Crippen molar-refractivity contribution in [2.24, 2.45) is 0 Å². The van der Waals surface area contributed by atoms with Crippen LogP contribution in [0.3, 0.4) is 0 Å². The molecule has 6 nitrogen and oxygen atoms in total. The zero-order chi connectivity index (χ0) is 15.7. The van der Waals surface area contributed by atoms with Crippen LogP contribution in [-0.4, -0.2) is 18.8 Å². The Kier molecular flexibility index (Phi) is 4.52. The average molecular weight is 347 g/mol. The molecule has 0 heterocycles. The van der Waals surface area contributed by atoms with Crippen LogP contribution < -0.4 is 0 Å². The van der Waals surface area contributed by atoms with E-state index < -0.39 is 52.3 Å². The summed E-state index contributed by atoms with van der Waals surface area (Å²) in [7, 11) is 0.259. The van der Waals surface area contributed by atoms with Gasteiger partial charge in [-0.1, -0.05) is 0 Å². The molecule has 0 N–H and O–H groups in total. The third kappa shape index (κ3) is 3.99. The van der Waals surface area contributed by atoms with Crippen molar-refractivity contribution in [1.82, 2.24) is 0 Å². The molecule has 0 aliphatic rings. The molecule has 0 aromatic heterocycles. The Hall–Kier alpha value is -1.51. The molecule has 1 aromatic rings. The van der Waals surface area contributed by atoms with E-state index in [1.54, 1.807) is 0 Å². The fourth-order valence-corrected chi connectivity index (χ4v) is 3.33. The predicted molar refractivity (Wildman–Crippen MR) is 62.8 cm³/mol. The summed E-state index contributed by atoms with van der Waals surface area (Å²) >= 11 is -0.883. The number of hydrogen-bond acceptors (Lipinski definition) is 6. The van der Waals surface area contributed by atoms with Crippen LogP contribution in [0, 0.1) is 21.4 Å². The Labute approximate surface area is 118 Å². The molecule has 108 valence electrons. The van der Waals surface area contributed by atoms with Crippen molar-refractivity contribution in [3.05, 3.63) is 27.8 Å². The minimum Gasteiger partial charge on any atom is -0.258 e. The Bertz CT molecular complexity index is 712. The molecule has 0 fully saturated rings. The second-order valence-electron chi connectivity index (χ2n) is 3.18. The highest BCUT2D eigenvalue weighted by molar-refractivity contribution is 8.14. The van der Waals surface area contributed by atoms with E-state index >= 15 is 0 Å². The summed E-state index contributed by atoms with van der Waals surface area (Å²) in [4.78, 5) is 7.40. The summed E-state index contributed by atoms with van der Waals surface area (Å²) in [5.41, 5.74) is -6.55. The van der Waals surface area contributed by atoms with Crippen molar-refractivity contribution in [1.29, 1.82) is 5.26 Å². The van der Waals surface area contributed by atoms with Gasteiger partial charge in [0.05, 0.1) is 15.4 Å². The number of hydrogen-bond donors (Lipinski definition) is 0. The zero-order valence-corrected chi connectivity index (χ0v) is 11.4. The van der Waals surface area contributed by atoms with Crippen LogP contribution in [0.4, 0.5) is 18.9 Å². The standard InChI is InChI=1S/C8H2ClF3N2O4S2/c9-20(17,18)6-2-5(14(15)16)1-4(3-13)7(6)19-8(10,11)12/h1-2H. The Balaban J connectivity index is 3.72. The first-order valence-corrected chi connectivity index (χ1v) is 7.51. The molecule has 0 aliphatic carbocycles. The Morgan fingerprint density at radius 3 is 2.30 bits per heavy atom. The zero-order valence-electron chi connectivity index (χ0n) is 9.01. The number of non-ortho nitro benzene ring substituents is 1. The highest BCUT2D eigenvalue weighted by Crippen LogP contribution is 2.43. The van der Waals surface area contributed by atoms with Crippen molar-refractivity contribution in [3.8, 4) is 6.07 Å². The molecular weight excluding hydrogens is 345 g/mol. The largest absolute Gasteiger partial charge is 0.446 e. The van der Waals surface area contributed by atoms with Gasteiger partial charge < -0.3 is 0 Å². The fraction of sp³-hybridized carbons (Fsp3) is 0.125. The average Bonchev–Trinajstić information content (AvgIpc) is 2.25. The van der Waals surface area contributed by atoms with Gasteiger partial charge in [-0.25, -0.2) is 8.42 Å². The van der Waals surface area contributed by atoms with Crippen LogP contribution >= 0.6 is 22.4 Å². The van der Waals surface area contributed by atoms with E-state index in [-0.39, 0.29) is 0 Å². The molecule has 0 atom stereocenters. The second kappa shape index (κ2) is 5.47. The topological polar surface area (TPSA) is 101 Å². The minimum absolute atomic E-state index is 0.372. The maximum absolute atomic E-state index is 12.4. The van der Waals surface area contributed by atoms with Gasteiger partial charge in [0.2, 0.25) is 0 Å². The summed E-state index contributed by atoms with van der Waals surface area (Å²) < 4.78 is 59.6. The van der Waals surface area contributed by atoms with Gasteiger partial charge in [0.25, 0.3) is 14.7 Å². The molecule has 0 saturated carbocycles. The molecule has 0 saturated heterocycles. The van der Waals surface area contributed by atoms with Gasteiger partial charge in [-0.15, -0.1) is 0 Å². The van der Waals surface area contributed by atoms with Gasteiger partial charge in [0.1, 0.15) is 11.0 Å². The number of benzene rings is 1. The quantitative estimate of drug-likeness (QED) is 0.361. The summed E-state index contributed by atoms with van der Waals surface area (Å²) in [6.45, 7) is 0. The Morgan fingerprint density at radius 1 is 1.40 bits per heavy atom. The number of alkyl halides is 3. The lowest BCUT2D eigenvalue weighted by Crippen LogP contribution is -2.05. The highest BCUT2D eigenvalue weighted by Gasteiger charge is 2.35. The molecule has 0 aliphatic heterocycles. The van der Waals surface area contributed by atoms with Crippen LogP contribution in [0.1, 0.15) is 5.56 Å². The molecule has 1 aromatic carbocycles. The van der Waals surface area contributed by atoms with Crippen LogP contribution in [0.25, 0.3) is 0 Å². The van der Waals surface area contributed by atoms with E-state index in [0.29, 0.717) is 12.1 Å². The summed E-state index contributed by atoms with van der Waals surface area (Å²) in [6, 6.07) is 2.19. The lowest BCUT2D eigenvalue weighted by atomic mass is 10.2. The van der Waals surface area contributed by atoms with Crippen molar-refractivity contribution in [3.63, 3.8) is 0 Å². The maximum Gasteiger partial charge on any atom is 0.446 e. The van der Waals surface area contributed by atoms with E-state index in [4.69, 9.17) is 15.9 Å². The van der Waals surface area contributed by atoms with E-state index in [0.717, 1.165) is 0 Å². The number of halogens is 4. The summed E-state index contributed by atoms with van der Waals surface area (Å²) in [5, 5.41) is 19.3. The predicted octanol–water partition coefficient (Wildman–Crippen LogP) is 3.01. The fourth-order valence-electron chi connectivity index (χ4n) is 1.18. The lowest BCUT2D eigenvalue weighted by Gasteiger charge is -2.10. The van der Waals surface area contributed by atoms with Crippen molar-refractivity contribution >= 4 is 37.2 Å². The lowest BCUT2D eigenvalue weighted by molar-refractivity contribution is -0.385. The second-order valence-corrected chi connectivity index (χ2v) is 6.78. The van der Waals surface area contributed by atoms with Gasteiger partial charge in [0.15, 0.2) is 0 Å². The smallest absolute Gasteiger partial charge is 0.258 e. The van der Waals surface area contributed by atoms with Crippen LogP contribution in [-0.2, 0) is 9.05 Å². The molecule has 20 heavy (non-hydrogen) atoms. The summed E-state index contributed by atoms with van der Waals surface area (Å²) in [6.07, 6.45) is 0. The molecule has 0 amide bonds. The van der Waals surface area contributed by atoms with Gasteiger partial charge in [-0.05, 0) is 11.8 Å². The van der Waals surface area contributed by atoms with E-state index in [2.05, 4.69) is 0 Å². The number of nitro benzene ring substituents is 1. The Morgan fingerprint density at radius 2 is 1.95 bits per heavy atom. The maximum atomic E-state index is 12.4. The first-order valence-electron chi connectivity index (χ1n) is 4.38. The third-order valence-corrected chi connectivity index (χ3v) is 4.20. The van der Waals surface area contributed by atoms with Gasteiger partial charge >= 0.3 is 5.51 Å². The number of nitrogens with zero attached hydrogens (tertiary/aromatic N) is 2. The third-order valence-electron chi connectivity index (χ3n) is 1.85. The molecule has 12 heteroatoms. The van der Waals surface area contributed by atoms with E-state index in [1.807, 2.05) is 0 Å².